The highest BCUT2D eigenvalue weighted by Gasteiger charge is 2.28. The molecule has 1 aliphatic heterocycles. The van der Waals surface area contributed by atoms with Crippen molar-refractivity contribution in [2.24, 2.45) is 11.8 Å². The van der Waals surface area contributed by atoms with E-state index in [4.69, 9.17) is 9.15 Å². The number of benzene rings is 1. The summed E-state index contributed by atoms with van der Waals surface area (Å²) in [6.45, 7) is 2.35. The monoisotopic (exact) mass is 398 g/mol. The Morgan fingerprint density at radius 1 is 1.10 bits per heavy atom. The lowest BCUT2D eigenvalue weighted by Gasteiger charge is -2.30. The van der Waals surface area contributed by atoms with E-state index in [0.717, 1.165) is 43.8 Å². The van der Waals surface area contributed by atoms with Crippen molar-refractivity contribution >= 4 is 11.9 Å². The van der Waals surface area contributed by atoms with Gasteiger partial charge in [-0.3, -0.25) is 4.79 Å². The molecule has 29 heavy (non-hydrogen) atoms. The molecule has 1 saturated heterocycles. The summed E-state index contributed by atoms with van der Waals surface area (Å²) in [6.07, 6.45) is 8.11. The molecule has 2 aliphatic rings. The average molecular weight is 399 g/mol. The van der Waals surface area contributed by atoms with E-state index in [1.165, 1.54) is 32.1 Å². The van der Waals surface area contributed by atoms with E-state index in [0.29, 0.717) is 17.8 Å². The third-order valence-corrected chi connectivity index (χ3v) is 6.18. The van der Waals surface area contributed by atoms with Crippen LogP contribution in [0.25, 0.3) is 11.5 Å². The molecule has 1 aromatic heterocycles. The zero-order valence-corrected chi connectivity index (χ0v) is 17.1. The normalized spacial score (nSPS) is 18.6. The summed E-state index contributed by atoms with van der Waals surface area (Å²) in [6, 6.07) is 8.07. The summed E-state index contributed by atoms with van der Waals surface area (Å²) in [7, 11) is 1.64. The number of amides is 1. The number of rotatable bonds is 6. The van der Waals surface area contributed by atoms with Gasteiger partial charge in [0, 0.05) is 31.1 Å². The molecule has 2 aromatic rings. The van der Waals surface area contributed by atoms with E-state index in [9.17, 15) is 4.79 Å². The van der Waals surface area contributed by atoms with Crippen LogP contribution < -0.4 is 15.0 Å². The van der Waals surface area contributed by atoms with Gasteiger partial charge >= 0.3 is 6.01 Å². The van der Waals surface area contributed by atoms with Crippen molar-refractivity contribution in [3.8, 4) is 17.2 Å². The zero-order chi connectivity index (χ0) is 20.1. The van der Waals surface area contributed by atoms with Crippen molar-refractivity contribution in [2.45, 2.75) is 44.9 Å². The summed E-state index contributed by atoms with van der Waals surface area (Å²) < 4.78 is 11.0. The molecule has 2 fully saturated rings. The standard InChI is InChI=1S/C22H30N4O3/c1-28-19-9-7-18(8-10-19)21-24-25-22(29-21)26-13-11-17(12-14-26)20(27)23-15-16-5-3-2-4-6-16/h7-10,16-17H,2-6,11-15H2,1H3,(H,23,27). The SMILES string of the molecule is COc1ccc(-c2nnc(N3CCC(C(=O)NCC4CCCCC4)CC3)o2)cc1. The number of nitrogens with one attached hydrogen (secondary N) is 1. The first-order valence-electron chi connectivity index (χ1n) is 10.7. The van der Waals surface area contributed by atoms with Crippen LogP contribution in [0.2, 0.25) is 0 Å². The molecule has 1 N–H and O–H groups in total. The fourth-order valence-corrected chi connectivity index (χ4v) is 4.31. The van der Waals surface area contributed by atoms with Crippen molar-refractivity contribution in [2.75, 3.05) is 31.6 Å². The second-order valence-corrected chi connectivity index (χ2v) is 8.13. The maximum Gasteiger partial charge on any atom is 0.318 e. The molecule has 1 aliphatic carbocycles. The third-order valence-electron chi connectivity index (χ3n) is 6.18. The number of aromatic nitrogens is 2. The third kappa shape index (κ3) is 4.89. The van der Waals surface area contributed by atoms with Crippen molar-refractivity contribution in [3.63, 3.8) is 0 Å². The lowest BCUT2D eigenvalue weighted by molar-refractivity contribution is -0.125. The minimum Gasteiger partial charge on any atom is -0.497 e. The van der Waals surface area contributed by atoms with Gasteiger partial charge in [-0.15, -0.1) is 5.10 Å². The number of hydrogen-bond acceptors (Lipinski definition) is 6. The van der Waals surface area contributed by atoms with E-state index >= 15 is 0 Å². The maximum absolute atomic E-state index is 12.5. The highest BCUT2D eigenvalue weighted by atomic mass is 16.5. The summed E-state index contributed by atoms with van der Waals surface area (Å²) in [5.41, 5.74) is 0.863. The Bertz CT molecular complexity index is 791. The molecule has 0 bridgehead atoms. The lowest BCUT2D eigenvalue weighted by Crippen LogP contribution is -2.42. The van der Waals surface area contributed by atoms with Crippen LogP contribution in [0.4, 0.5) is 6.01 Å². The molecule has 0 unspecified atom stereocenters. The predicted molar refractivity (Wildman–Crippen MR) is 111 cm³/mol. The Morgan fingerprint density at radius 2 is 1.83 bits per heavy atom. The molecule has 7 heteroatoms. The van der Waals surface area contributed by atoms with Gasteiger partial charge in [0.1, 0.15) is 5.75 Å². The van der Waals surface area contributed by atoms with E-state index in [1.54, 1.807) is 7.11 Å². The Balaban J connectivity index is 1.27. The predicted octanol–water partition coefficient (Wildman–Crippen LogP) is 3.66. The topological polar surface area (TPSA) is 80.5 Å². The maximum atomic E-state index is 12.5. The number of carbonyl (C=O) groups excluding carboxylic acids is 1. The Hall–Kier alpha value is -2.57. The largest absolute Gasteiger partial charge is 0.497 e. The van der Waals surface area contributed by atoms with Gasteiger partial charge in [0.25, 0.3) is 0 Å². The summed E-state index contributed by atoms with van der Waals surface area (Å²) in [4.78, 5) is 14.6. The van der Waals surface area contributed by atoms with Crippen molar-refractivity contribution < 1.29 is 13.9 Å². The molecule has 1 aromatic carbocycles. The van der Waals surface area contributed by atoms with E-state index < -0.39 is 0 Å². The van der Waals surface area contributed by atoms with Crippen LogP contribution in [-0.4, -0.2) is 42.8 Å². The number of methoxy groups -OCH3 is 1. The zero-order valence-electron chi connectivity index (χ0n) is 17.1. The molecule has 2 heterocycles. The van der Waals surface area contributed by atoms with Gasteiger partial charge in [-0.05, 0) is 55.9 Å². The fraction of sp³-hybridized carbons (Fsp3) is 0.591. The smallest absolute Gasteiger partial charge is 0.318 e. The number of hydrogen-bond donors (Lipinski definition) is 1. The van der Waals surface area contributed by atoms with E-state index in [2.05, 4.69) is 20.4 Å². The van der Waals surface area contributed by atoms with Crippen LogP contribution >= 0.6 is 0 Å². The molecule has 0 radical (unpaired) electrons. The van der Waals surface area contributed by atoms with Gasteiger partial charge < -0.3 is 19.4 Å². The summed E-state index contributed by atoms with van der Waals surface area (Å²) in [5.74, 6) is 2.24. The highest BCUT2D eigenvalue weighted by Crippen LogP contribution is 2.27. The first-order chi connectivity index (χ1) is 14.2. The first kappa shape index (κ1) is 19.7. The molecule has 7 nitrogen and oxygen atoms in total. The Kier molecular flexibility index (Phi) is 6.32. The van der Waals surface area contributed by atoms with Gasteiger partial charge in [0.05, 0.1) is 7.11 Å². The Labute approximate surface area is 171 Å². The molecule has 0 atom stereocenters. The minimum absolute atomic E-state index is 0.0822. The minimum atomic E-state index is 0.0822. The fourth-order valence-electron chi connectivity index (χ4n) is 4.31. The number of carbonyl (C=O) groups is 1. The van der Waals surface area contributed by atoms with Crippen LogP contribution in [0.1, 0.15) is 44.9 Å². The molecule has 1 saturated carbocycles. The van der Waals surface area contributed by atoms with Gasteiger partial charge in [-0.2, -0.15) is 0 Å². The number of anilines is 1. The molecular weight excluding hydrogens is 368 g/mol. The average Bonchev–Trinajstić information content (AvgIpc) is 3.29. The molecular formula is C22H30N4O3. The number of nitrogens with zero attached hydrogens (tertiary/aromatic N) is 3. The molecule has 156 valence electrons. The summed E-state index contributed by atoms with van der Waals surface area (Å²) >= 11 is 0. The van der Waals surface area contributed by atoms with Crippen LogP contribution in [0.5, 0.6) is 5.75 Å². The number of ether oxygens (including phenoxy) is 1. The van der Waals surface area contributed by atoms with E-state index in [1.807, 2.05) is 24.3 Å². The van der Waals surface area contributed by atoms with Crippen molar-refractivity contribution in [3.05, 3.63) is 24.3 Å². The quantitative estimate of drug-likeness (QED) is 0.800. The molecule has 4 rings (SSSR count). The summed E-state index contributed by atoms with van der Waals surface area (Å²) in [5, 5.41) is 11.6. The van der Waals surface area contributed by atoms with Crippen LogP contribution in [0, 0.1) is 11.8 Å². The molecule has 1 amide bonds. The van der Waals surface area contributed by atoms with Crippen LogP contribution in [-0.2, 0) is 4.79 Å². The molecule has 0 spiro atoms. The first-order valence-corrected chi connectivity index (χ1v) is 10.7. The lowest BCUT2D eigenvalue weighted by atomic mass is 9.89. The van der Waals surface area contributed by atoms with Crippen LogP contribution in [0.3, 0.4) is 0 Å². The van der Waals surface area contributed by atoms with Gasteiger partial charge in [-0.25, -0.2) is 0 Å². The number of piperidine rings is 1. The second kappa shape index (κ2) is 9.29. The van der Waals surface area contributed by atoms with Crippen molar-refractivity contribution in [1.82, 2.24) is 15.5 Å². The van der Waals surface area contributed by atoms with E-state index in [-0.39, 0.29) is 11.8 Å². The second-order valence-electron chi connectivity index (χ2n) is 8.13. The van der Waals surface area contributed by atoms with Gasteiger partial charge in [0.15, 0.2) is 0 Å². The van der Waals surface area contributed by atoms with Gasteiger partial charge in [0.2, 0.25) is 11.8 Å². The Morgan fingerprint density at radius 3 is 2.52 bits per heavy atom. The van der Waals surface area contributed by atoms with Crippen LogP contribution in [0.15, 0.2) is 28.7 Å². The van der Waals surface area contributed by atoms with Crippen molar-refractivity contribution in [1.29, 1.82) is 0 Å². The highest BCUT2D eigenvalue weighted by molar-refractivity contribution is 5.78. The van der Waals surface area contributed by atoms with Gasteiger partial charge in [-0.1, -0.05) is 24.4 Å².